The summed E-state index contributed by atoms with van der Waals surface area (Å²) in [5.74, 6) is 0.486. The summed E-state index contributed by atoms with van der Waals surface area (Å²) < 4.78 is 28.4. The Balaban J connectivity index is 1.74. The predicted molar refractivity (Wildman–Crippen MR) is 135 cm³/mol. The third-order valence-electron chi connectivity index (χ3n) is 5.83. The summed E-state index contributed by atoms with van der Waals surface area (Å²) in [6.45, 7) is 3.67. The topological polar surface area (TPSA) is 122 Å². The molecule has 1 aliphatic heterocycles. The quantitative estimate of drug-likeness (QED) is 0.571. The lowest BCUT2D eigenvalue weighted by Gasteiger charge is -2.40. The number of hydrogen-bond acceptors (Lipinski definition) is 5. The van der Waals surface area contributed by atoms with Crippen LogP contribution in [0.5, 0.6) is 5.75 Å². The lowest BCUT2D eigenvalue weighted by Crippen LogP contribution is -2.52. The number of fused-ring (bicyclic) bond motifs is 1. The second-order valence-corrected chi connectivity index (χ2v) is 9.85. The zero-order chi connectivity index (χ0) is 25.3. The molecule has 0 bridgehead atoms. The first-order valence-electron chi connectivity index (χ1n) is 10.9. The number of benzene rings is 3. The Morgan fingerprint density at radius 1 is 1.00 bits per heavy atom. The number of ether oxygens (including phenoxy) is 1. The minimum atomic E-state index is -3.81. The average Bonchev–Trinajstić information content (AvgIpc) is 2.82. The van der Waals surface area contributed by atoms with Gasteiger partial charge in [-0.2, -0.15) is 0 Å². The number of methoxy groups -OCH3 is 1. The molecule has 3 amide bonds. The summed E-state index contributed by atoms with van der Waals surface area (Å²) in [6, 6.07) is 18.1. The van der Waals surface area contributed by atoms with E-state index in [0.717, 1.165) is 11.1 Å². The molecule has 0 saturated carbocycles. The molecule has 3 N–H and O–H groups in total. The van der Waals surface area contributed by atoms with Gasteiger partial charge in [-0.1, -0.05) is 24.3 Å². The highest BCUT2D eigenvalue weighted by Crippen LogP contribution is 2.39. The first-order valence-corrected chi connectivity index (χ1v) is 12.4. The number of primary sulfonamides is 1. The van der Waals surface area contributed by atoms with E-state index >= 15 is 0 Å². The summed E-state index contributed by atoms with van der Waals surface area (Å²) in [4.78, 5) is 29.0. The van der Waals surface area contributed by atoms with E-state index in [-0.39, 0.29) is 29.4 Å². The Morgan fingerprint density at radius 3 is 2.31 bits per heavy atom. The number of hydrogen-bond donors (Lipinski definition) is 2. The van der Waals surface area contributed by atoms with Crippen molar-refractivity contribution in [1.29, 1.82) is 0 Å². The fourth-order valence-electron chi connectivity index (χ4n) is 4.21. The molecule has 0 aliphatic carbocycles. The van der Waals surface area contributed by atoms with E-state index in [2.05, 4.69) is 5.32 Å². The number of anilines is 3. The SMILES string of the molecule is COc1cccc(NC(=O)N2C[C@H](C)N(C(C)=O)c3ccc(-c4ccc(S(N)(=O)=O)cc4)cc32)c1. The van der Waals surface area contributed by atoms with Crippen molar-refractivity contribution >= 4 is 39.0 Å². The van der Waals surface area contributed by atoms with E-state index < -0.39 is 10.0 Å². The first kappa shape index (κ1) is 24.2. The van der Waals surface area contributed by atoms with Gasteiger partial charge in [0.25, 0.3) is 0 Å². The zero-order valence-electron chi connectivity index (χ0n) is 19.6. The maximum atomic E-state index is 13.3. The van der Waals surface area contributed by atoms with E-state index in [4.69, 9.17) is 9.88 Å². The van der Waals surface area contributed by atoms with E-state index in [1.165, 1.54) is 19.1 Å². The smallest absolute Gasteiger partial charge is 0.326 e. The molecule has 3 aromatic rings. The molecule has 0 spiro atoms. The number of amides is 3. The monoisotopic (exact) mass is 494 g/mol. The molecule has 1 heterocycles. The van der Waals surface area contributed by atoms with Crippen molar-refractivity contribution in [2.45, 2.75) is 24.8 Å². The van der Waals surface area contributed by atoms with Crippen molar-refractivity contribution < 1.29 is 22.7 Å². The van der Waals surface area contributed by atoms with Crippen LogP contribution in [0.2, 0.25) is 0 Å². The molecule has 182 valence electrons. The van der Waals surface area contributed by atoms with Gasteiger partial charge in [0.05, 0.1) is 29.4 Å². The van der Waals surface area contributed by atoms with Gasteiger partial charge >= 0.3 is 6.03 Å². The molecule has 0 fully saturated rings. The van der Waals surface area contributed by atoms with Gasteiger partial charge in [0.15, 0.2) is 0 Å². The van der Waals surface area contributed by atoms with Crippen molar-refractivity contribution in [2.24, 2.45) is 5.14 Å². The van der Waals surface area contributed by atoms with Crippen molar-refractivity contribution in [1.82, 2.24) is 0 Å². The molecule has 4 rings (SSSR count). The second kappa shape index (κ2) is 9.40. The van der Waals surface area contributed by atoms with Gasteiger partial charge in [-0.05, 0) is 54.4 Å². The van der Waals surface area contributed by atoms with Gasteiger partial charge in [-0.25, -0.2) is 18.4 Å². The minimum absolute atomic E-state index is 0.00934. The average molecular weight is 495 g/mol. The summed E-state index contributed by atoms with van der Waals surface area (Å²) >= 11 is 0. The Hall–Kier alpha value is -3.89. The summed E-state index contributed by atoms with van der Waals surface area (Å²) in [5.41, 5.74) is 3.24. The lowest BCUT2D eigenvalue weighted by molar-refractivity contribution is -0.117. The van der Waals surface area contributed by atoms with Crippen LogP contribution in [0.25, 0.3) is 11.1 Å². The molecule has 0 aromatic heterocycles. The van der Waals surface area contributed by atoms with Gasteiger partial charge in [0.2, 0.25) is 15.9 Å². The highest BCUT2D eigenvalue weighted by molar-refractivity contribution is 7.89. The van der Waals surface area contributed by atoms with Crippen LogP contribution in [0.15, 0.2) is 71.6 Å². The fourth-order valence-corrected chi connectivity index (χ4v) is 4.72. The van der Waals surface area contributed by atoms with Gasteiger partial charge in [-0.15, -0.1) is 0 Å². The van der Waals surface area contributed by atoms with Crippen LogP contribution in [-0.2, 0) is 14.8 Å². The second-order valence-electron chi connectivity index (χ2n) is 8.28. The molecule has 3 aromatic carbocycles. The summed E-state index contributed by atoms with van der Waals surface area (Å²) in [5, 5.41) is 8.10. The lowest BCUT2D eigenvalue weighted by atomic mass is 10.0. The van der Waals surface area contributed by atoms with E-state index in [1.54, 1.807) is 59.4 Å². The molecule has 9 nitrogen and oxygen atoms in total. The van der Waals surface area contributed by atoms with Crippen LogP contribution in [0.1, 0.15) is 13.8 Å². The normalized spacial score (nSPS) is 15.4. The maximum absolute atomic E-state index is 13.3. The molecule has 0 saturated heterocycles. The van der Waals surface area contributed by atoms with Crippen LogP contribution in [-0.4, -0.2) is 40.1 Å². The maximum Gasteiger partial charge on any atom is 0.326 e. The van der Waals surface area contributed by atoms with Crippen LogP contribution in [0.3, 0.4) is 0 Å². The number of sulfonamides is 1. The standard InChI is InChI=1S/C25H26N4O5S/c1-16-15-28(25(31)27-20-5-4-6-21(14-20)34-3)24-13-19(9-12-23(24)29(16)17(2)30)18-7-10-22(11-8-18)35(26,32)33/h4-14,16H,15H2,1-3H3,(H,27,31)(H2,26,32,33)/t16-/m0/s1. The molecular formula is C25H26N4O5S. The van der Waals surface area contributed by atoms with Gasteiger partial charge in [0, 0.05) is 25.2 Å². The highest BCUT2D eigenvalue weighted by atomic mass is 32.2. The Kier molecular flexibility index (Phi) is 6.51. The number of rotatable bonds is 4. The van der Waals surface area contributed by atoms with Crippen LogP contribution >= 0.6 is 0 Å². The summed E-state index contributed by atoms with van der Waals surface area (Å²) in [6.07, 6.45) is 0. The summed E-state index contributed by atoms with van der Waals surface area (Å²) in [7, 11) is -2.26. The van der Waals surface area contributed by atoms with Crippen LogP contribution in [0.4, 0.5) is 21.9 Å². The van der Waals surface area contributed by atoms with Gasteiger partial charge in [0.1, 0.15) is 5.75 Å². The number of nitrogens with one attached hydrogen (secondary N) is 1. The minimum Gasteiger partial charge on any atom is -0.497 e. The third kappa shape index (κ3) is 4.98. The number of carbonyl (C=O) groups is 2. The zero-order valence-corrected chi connectivity index (χ0v) is 20.4. The molecular weight excluding hydrogens is 468 g/mol. The molecule has 1 atom stereocenters. The Morgan fingerprint density at radius 2 is 1.69 bits per heavy atom. The van der Waals surface area contributed by atoms with Gasteiger partial charge < -0.3 is 15.0 Å². The Labute approximate surface area is 204 Å². The van der Waals surface area contributed by atoms with Crippen LogP contribution < -0.4 is 25.0 Å². The third-order valence-corrected chi connectivity index (χ3v) is 6.76. The molecule has 0 unspecified atom stereocenters. The van der Waals surface area contributed by atoms with Crippen molar-refractivity contribution in [3.8, 4) is 16.9 Å². The number of nitrogens with zero attached hydrogens (tertiary/aromatic N) is 2. The molecule has 0 radical (unpaired) electrons. The highest BCUT2D eigenvalue weighted by Gasteiger charge is 2.34. The molecule has 1 aliphatic rings. The molecule has 10 heteroatoms. The number of urea groups is 1. The van der Waals surface area contributed by atoms with E-state index in [1.807, 2.05) is 19.1 Å². The fraction of sp³-hybridized carbons (Fsp3) is 0.200. The van der Waals surface area contributed by atoms with Gasteiger partial charge in [-0.3, -0.25) is 9.69 Å². The van der Waals surface area contributed by atoms with Crippen molar-refractivity contribution in [3.63, 3.8) is 0 Å². The molecule has 35 heavy (non-hydrogen) atoms. The van der Waals surface area contributed by atoms with E-state index in [0.29, 0.717) is 22.8 Å². The largest absolute Gasteiger partial charge is 0.497 e. The number of nitrogens with two attached hydrogens (primary N) is 1. The predicted octanol–water partition coefficient (Wildman–Crippen LogP) is 3.80. The Bertz CT molecular complexity index is 1390. The number of carbonyl (C=O) groups excluding carboxylic acids is 2. The van der Waals surface area contributed by atoms with Crippen LogP contribution in [0, 0.1) is 0 Å². The first-order chi connectivity index (χ1) is 16.6. The van der Waals surface area contributed by atoms with Crippen molar-refractivity contribution in [3.05, 3.63) is 66.7 Å². The van der Waals surface area contributed by atoms with E-state index in [9.17, 15) is 18.0 Å². The van der Waals surface area contributed by atoms with Crippen molar-refractivity contribution in [2.75, 3.05) is 28.8 Å².